The summed E-state index contributed by atoms with van der Waals surface area (Å²) in [6.45, 7) is 7.43. The first-order valence-electron chi connectivity index (χ1n) is 6.26. The van der Waals surface area contributed by atoms with Crippen LogP contribution in [-0.4, -0.2) is 26.8 Å². The van der Waals surface area contributed by atoms with Crippen LogP contribution in [0.3, 0.4) is 0 Å². The number of hydrogen-bond acceptors (Lipinski definition) is 4. The summed E-state index contributed by atoms with van der Waals surface area (Å²) >= 11 is 1.66. The fourth-order valence-electron chi connectivity index (χ4n) is 1.48. The summed E-state index contributed by atoms with van der Waals surface area (Å²) in [4.78, 5) is 2.34. The quantitative estimate of drug-likeness (QED) is 0.766. The highest BCUT2D eigenvalue weighted by molar-refractivity contribution is 7.90. The number of nitrogens with one attached hydrogen (secondary N) is 2. The molecule has 0 bridgehead atoms. The minimum Gasteiger partial charge on any atom is -0.316 e. The highest BCUT2D eigenvalue weighted by Gasteiger charge is 2.19. The van der Waals surface area contributed by atoms with Gasteiger partial charge in [0.2, 0.25) is 10.0 Å². The van der Waals surface area contributed by atoms with Gasteiger partial charge in [-0.3, -0.25) is 0 Å². The van der Waals surface area contributed by atoms with Crippen molar-refractivity contribution >= 4 is 21.4 Å². The Bertz CT molecular complexity index is 454. The standard InChI is InChI=1S/C12H22N2O2S2/c1-4-11-6-7-12(17-11)9-14-18(15,16)10(3)8-13-5-2/h6-7,10,13-14H,4-5,8-9H2,1-3H3. The van der Waals surface area contributed by atoms with E-state index >= 15 is 0 Å². The fraction of sp³-hybridized carbons (Fsp3) is 0.667. The molecular formula is C12H22N2O2S2. The third-order valence-corrected chi connectivity index (χ3v) is 5.73. The molecule has 0 aromatic carbocycles. The predicted molar refractivity (Wildman–Crippen MR) is 77.5 cm³/mol. The zero-order valence-corrected chi connectivity index (χ0v) is 12.8. The second kappa shape index (κ2) is 7.23. The molecule has 104 valence electrons. The van der Waals surface area contributed by atoms with Gasteiger partial charge in [-0.25, -0.2) is 13.1 Å². The van der Waals surface area contributed by atoms with Gasteiger partial charge < -0.3 is 5.32 Å². The number of hydrogen-bond donors (Lipinski definition) is 2. The number of thiophene rings is 1. The first-order valence-corrected chi connectivity index (χ1v) is 8.62. The topological polar surface area (TPSA) is 58.2 Å². The van der Waals surface area contributed by atoms with Crippen LogP contribution < -0.4 is 10.0 Å². The molecular weight excluding hydrogens is 268 g/mol. The number of rotatable bonds is 8. The molecule has 0 saturated heterocycles. The Labute approximate surface area is 114 Å². The lowest BCUT2D eigenvalue weighted by molar-refractivity contribution is 0.560. The smallest absolute Gasteiger partial charge is 0.215 e. The molecule has 1 heterocycles. The lowest BCUT2D eigenvalue weighted by atomic mass is 10.4. The molecule has 1 aromatic heterocycles. The van der Waals surface area contributed by atoms with Gasteiger partial charge in [0, 0.05) is 22.8 Å². The molecule has 2 N–H and O–H groups in total. The molecule has 1 unspecified atom stereocenters. The highest BCUT2D eigenvalue weighted by atomic mass is 32.2. The van der Waals surface area contributed by atoms with E-state index in [-0.39, 0.29) is 0 Å². The third kappa shape index (κ3) is 4.68. The van der Waals surface area contributed by atoms with Gasteiger partial charge in [-0.05, 0) is 32.0 Å². The van der Waals surface area contributed by atoms with Crippen LogP contribution in [0.15, 0.2) is 12.1 Å². The molecule has 4 nitrogen and oxygen atoms in total. The van der Waals surface area contributed by atoms with Gasteiger partial charge in [-0.2, -0.15) is 0 Å². The van der Waals surface area contributed by atoms with Gasteiger partial charge >= 0.3 is 0 Å². The molecule has 1 aromatic rings. The van der Waals surface area contributed by atoms with Crippen LogP contribution in [-0.2, 0) is 23.0 Å². The molecule has 6 heteroatoms. The highest BCUT2D eigenvalue weighted by Crippen LogP contribution is 2.17. The summed E-state index contributed by atoms with van der Waals surface area (Å²) in [6.07, 6.45) is 0.994. The molecule has 1 atom stereocenters. The van der Waals surface area contributed by atoms with Crippen molar-refractivity contribution in [2.24, 2.45) is 0 Å². The maximum absolute atomic E-state index is 11.9. The van der Waals surface area contributed by atoms with Crippen LogP contribution >= 0.6 is 11.3 Å². The minimum atomic E-state index is -3.23. The van der Waals surface area contributed by atoms with Gasteiger partial charge in [0.15, 0.2) is 0 Å². The summed E-state index contributed by atoms with van der Waals surface area (Å²) in [6, 6.07) is 4.04. The van der Waals surface area contributed by atoms with Crippen molar-refractivity contribution in [3.05, 3.63) is 21.9 Å². The molecule has 0 saturated carbocycles. The van der Waals surface area contributed by atoms with Crippen molar-refractivity contribution in [2.45, 2.75) is 39.0 Å². The average Bonchev–Trinajstić information content (AvgIpc) is 2.81. The Hall–Kier alpha value is -0.430. The molecule has 1 rings (SSSR count). The van der Waals surface area contributed by atoms with E-state index in [4.69, 9.17) is 0 Å². The van der Waals surface area contributed by atoms with Gasteiger partial charge in [-0.1, -0.05) is 13.8 Å². The predicted octanol–water partition coefficient (Wildman–Crippen LogP) is 1.73. The van der Waals surface area contributed by atoms with Crippen LogP contribution in [0.1, 0.15) is 30.5 Å². The van der Waals surface area contributed by atoms with E-state index in [9.17, 15) is 8.42 Å². The van der Waals surface area contributed by atoms with Gasteiger partial charge in [0.25, 0.3) is 0 Å². The molecule has 0 fully saturated rings. The van der Waals surface area contributed by atoms with E-state index < -0.39 is 15.3 Å². The Kier molecular flexibility index (Phi) is 6.28. The van der Waals surface area contributed by atoms with E-state index in [1.807, 2.05) is 13.0 Å². The van der Waals surface area contributed by atoms with Crippen LogP contribution in [0, 0.1) is 0 Å². The van der Waals surface area contributed by atoms with Crippen molar-refractivity contribution in [3.63, 3.8) is 0 Å². The monoisotopic (exact) mass is 290 g/mol. The molecule has 0 amide bonds. The SMILES string of the molecule is CCNCC(C)S(=O)(=O)NCc1ccc(CC)s1. The summed E-state index contributed by atoms with van der Waals surface area (Å²) in [5, 5.41) is 2.64. The van der Waals surface area contributed by atoms with E-state index in [0.29, 0.717) is 13.1 Å². The summed E-state index contributed by atoms with van der Waals surface area (Å²) < 4.78 is 26.5. The molecule has 0 aliphatic heterocycles. The van der Waals surface area contributed by atoms with Gasteiger partial charge in [-0.15, -0.1) is 11.3 Å². The lowest BCUT2D eigenvalue weighted by Crippen LogP contribution is -2.38. The van der Waals surface area contributed by atoms with E-state index in [1.165, 1.54) is 4.88 Å². The van der Waals surface area contributed by atoms with E-state index in [2.05, 4.69) is 23.0 Å². The lowest BCUT2D eigenvalue weighted by Gasteiger charge is -2.13. The van der Waals surface area contributed by atoms with Crippen molar-refractivity contribution in [1.29, 1.82) is 0 Å². The van der Waals surface area contributed by atoms with Gasteiger partial charge in [0.1, 0.15) is 0 Å². The van der Waals surface area contributed by atoms with Crippen molar-refractivity contribution < 1.29 is 8.42 Å². The largest absolute Gasteiger partial charge is 0.316 e. The van der Waals surface area contributed by atoms with Crippen LogP contribution in [0.4, 0.5) is 0 Å². The second-order valence-corrected chi connectivity index (χ2v) is 7.64. The number of sulfonamides is 1. The Morgan fingerprint density at radius 3 is 2.50 bits per heavy atom. The van der Waals surface area contributed by atoms with Crippen molar-refractivity contribution in [2.75, 3.05) is 13.1 Å². The van der Waals surface area contributed by atoms with E-state index in [1.54, 1.807) is 18.3 Å². The van der Waals surface area contributed by atoms with Crippen LogP contribution in [0.25, 0.3) is 0 Å². The molecule has 0 aliphatic carbocycles. The first-order chi connectivity index (χ1) is 8.49. The summed E-state index contributed by atoms with van der Waals surface area (Å²) in [5.74, 6) is 0. The maximum Gasteiger partial charge on any atom is 0.215 e. The Morgan fingerprint density at radius 2 is 1.94 bits per heavy atom. The van der Waals surface area contributed by atoms with E-state index in [0.717, 1.165) is 17.8 Å². The van der Waals surface area contributed by atoms with Crippen LogP contribution in [0.2, 0.25) is 0 Å². The van der Waals surface area contributed by atoms with Crippen molar-refractivity contribution in [3.8, 4) is 0 Å². The zero-order chi connectivity index (χ0) is 13.6. The van der Waals surface area contributed by atoms with Crippen molar-refractivity contribution in [1.82, 2.24) is 10.0 Å². The maximum atomic E-state index is 11.9. The number of aryl methyl sites for hydroxylation is 1. The molecule has 0 spiro atoms. The molecule has 18 heavy (non-hydrogen) atoms. The Morgan fingerprint density at radius 1 is 1.28 bits per heavy atom. The molecule has 0 aliphatic rings. The van der Waals surface area contributed by atoms with Crippen LogP contribution in [0.5, 0.6) is 0 Å². The average molecular weight is 290 g/mol. The minimum absolute atomic E-state index is 0.392. The molecule has 0 radical (unpaired) electrons. The zero-order valence-electron chi connectivity index (χ0n) is 11.2. The Balaban J connectivity index is 2.50. The summed E-state index contributed by atoms with van der Waals surface area (Å²) in [5.41, 5.74) is 0. The van der Waals surface area contributed by atoms with Gasteiger partial charge in [0.05, 0.1) is 5.25 Å². The third-order valence-electron chi connectivity index (χ3n) is 2.72. The summed E-state index contributed by atoms with van der Waals surface area (Å²) in [7, 11) is -3.23. The fourth-order valence-corrected chi connectivity index (χ4v) is 3.45. The normalized spacial score (nSPS) is 13.7. The second-order valence-electron chi connectivity index (χ2n) is 4.21. The first kappa shape index (κ1) is 15.6.